The number of unbranched alkanes of at least 4 members (excludes halogenated alkanes) is 1. The molecule has 5 nitrogen and oxygen atoms in total. The molecule has 110 valence electrons. The topological polar surface area (TPSA) is 56.1 Å². The lowest BCUT2D eigenvalue weighted by Crippen LogP contribution is -2.27. The highest BCUT2D eigenvalue weighted by Crippen LogP contribution is 2.12. The molecular weight excluding hydrogens is 274 g/mol. The van der Waals surface area contributed by atoms with Gasteiger partial charge in [0.1, 0.15) is 4.83 Å². The summed E-state index contributed by atoms with van der Waals surface area (Å²) in [4.78, 5) is 17.2. The summed E-state index contributed by atoms with van der Waals surface area (Å²) in [6.45, 7) is 6.02. The molecule has 0 bridgehead atoms. The number of thiophene rings is 1. The van der Waals surface area contributed by atoms with Gasteiger partial charge >= 0.3 is 0 Å². The van der Waals surface area contributed by atoms with Crippen molar-refractivity contribution < 1.29 is 4.74 Å². The van der Waals surface area contributed by atoms with Gasteiger partial charge in [-0.25, -0.2) is 4.98 Å². The molecular formula is C14H21N3O2S. The van der Waals surface area contributed by atoms with Crippen LogP contribution >= 0.6 is 11.3 Å². The number of hydrogen-bond acceptors (Lipinski definition) is 5. The van der Waals surface area contributed by atoms with Crippen LogP contribution in [-0.4, -0.2) is 35.9 Å². The van der Waals surface area contributed by atoms with E-state index in [9.17, 15) is 4.79 Å². The highest BCUT2D eigenvalue weighted by atomic mass is 32.1. The Morgan fingerprint density at radius 1 is 1.40 bits per heavy atom. The number of aromatic nitrogens is 2. The Morgan fingerprint density at radius 3 is 3.15 bits per heavy atom. The average molecular weight is 295 g/mol. The first-order valence-electron chi connectivity index (χ1n) is 7.04. The third-order valence-electron chi connectivity index (χ3n) is 3.08. The molecule has 0 unspecified atom stereocenters. The molecule has 0 saturated heterocycles. The Kier molecular flexibility index (Phi) is 6.17. The molecule has 1 N–H and O–H groups in total. The van der Waals surface area contributed by atoms with Crippen molar-refractivity contribution in [2.75, 3.05) is 26.3 Å². The van der Waals surface area contributed by atoms with E-state index in [1.807, 2.05) is 18.4 Å². The molecule has 0 fully saturated rings. The normalized spacial score (nSPS) is 11.2. The lowest BCUT2D eigenvalue weighted by Gasteiger charge is -2.07. The SMILES string of the molecule is CCOCCCCNCCn1cnc2sccc2c1=O. The van der Waals surface area contributed by atoms with Crippen LogP contribution in [0.4, 0.5) is 0 Å². The van der Waals surface area contributed by atoms with E-state index < -0.39 is 0 Å². The zero-order chi connectivity index (χ0) is 14.2. The van der Waals surface area contributed by atoms with Crippen molar-refractivity contribution in [3.05, 3.63) is 28.1 Å². The maximum absolute atomic E-state index is 12.1. The molecule has 2 aromatic rings. The number of hydrogen-bond donors (Lipinski definition) is 1. The molecule has 0 radical (unpaired) electrons. The van der Waals surface area contributed by atoms with Crippen LogP contribution in [0, 0.1) is 0 Å². The van der Waals surface area contributed by atoms with E-state index >= 15 is 0 Å². The van der Waals surface area contributed by atoms with Gasteiger partial charge in [0.15, 0.2) is 0 Å². The highest BCUT2D eigenvalue weighted by molar-refractivity contribution is 7.16. The number of nitrogens with zero attached hydrogens (tertiary/aromatic N) is 2. The smallest absolute Gasteiger partial charge is 0.262 e. The average Bonchev–Trinajstić information content (AvgIpc) is 2.93. The molecule has 0 saturated carbocycles. The van der Waals surface area contributed by atoms with E-state index in [0.29, 0.717) is 11.9 Å². The summed E-state index contributed by atoms with van der Waals surface area (Å²) in [6, 6.07) is 1.84. The Hall–Kier alpha value is -1.24. The van der Waals surface area contributed by atoms with Crippen molar-refractivity contribution in [1.82, 2.24) is 14.9 Å². The van der Waals surface area contributed by atoms with Gasteiger partial charge in [-0.05, 0) is 37.8 Å². The van der Waals surface area contributed by atoms with E-state index in [0.717, 1.165) is 44.0 Å². The second-order valence-electron chi connectivity index (χ2n) is 4.54. The number of ether oxygens (including phenoxy) is 1. The molecule has 2 rings (SSSR count). The number of nitrogens with one attached hydrogen (secondary N) is 1. The first-order valence-corrected chi connectivity index (χ1v) is 7.92. The molecule has 0 aliphatic rings. The minimum atomic E-state index is 0.0504. The summed E-state index contributed by atoms with van der Waals surface area (Å²) < 4.78 is 6.95. The molecule has 0 amide bonds. The van der Waals surface area contributed by atoms with Gasteiger partial charge in [0.05, 0.1) is 11.7 Å². The van der Waals surface area contributed by atoms with Gasteiger partial charge < -0.3 is 10.1 Å². The van der Waals surface area contributed by atoms with Crippen LogP contribution in [0.5, 0.6) is 0 Å². The van der Waals surface area contributed by atoms with Crippen molar-refractivity contribution in [2.24, 2.45) is 0 Å². The maximum atomic E-state index is 12.1. The van der Waals surface area contributed by atoms with Gasteiger partial charge in [-0.15, -0.1) is 11.3 Å². The predicted molar refractivity (Wildman–Crippen MR) is 82.5 cm³/mol. The van der Waals surface area contributed by atoms with Crippen LogP contribution in [-0.2, 0) is 11.3 Å². The highest BCUT2D eigenvalue weighted by Gasteiger charge is 2.04. The maximum Gasteiger partial charge on any atom is 0.262 e. The minimum absolute atomic E-state index is 0.0504. The summed E-state index contributed by atoms with van der Waals surface area (Å²) in [6.07, 6.45) is 3.80. The molecule has 20 heavy (non-hydrogen) atoms. The Balaban J connectivity index is 1.71. The monoisotopic (exact) mass is 295 g/mol. The van der Waals surface area contributed by atoms with E-state index in [4.69, 9.17) is 4.74 Å². The van der Waals surface area contributed by atoms with Crippen LogP contribution in [0.3, 0.4) is 0 Å². The van der Waals surface area contributed by atoms with E-state index in [1.165, 1.54) is 11.3 Å². The molecule has 0 aromatic carbocycles. The third-order valence-corrected chi connectivity index (χ3v) is 3.90. The van der Waals surface area contributed by atoms with Gasteiger partial charge in [-0.3, -0.25) is 9.36 Å². The second-order valence-corrected chi connectivity index (χ2v) is 5.43. The molecule has 0 aliphatic carbocycles. The quantitative estimate of drug-likeness (QED) is 0.718. The first kappa shape index (κ1) is 15.2. The molecule has 6 heteroatoms. The summed E-state index contributed by atoms with van der Waals surface area (Å²) in [7, 11) is 0. The van der Waals surface area contributed by atoms with E-state index in [2.05, 4.69) is 10.3 Å². The van der Waals surface area contributed by atoms with Crippen LogP contribution < -0.4 is 10.9 Å². The summed E-state index contributed by atoms with van der Waals surface area (Å²) in [5.41, 5.74) is 0.0504. The van der Waals surface area contributed by atoms with Crippen molar-refractivity contribution in [1.29, 1.82) is 0 Å². The summed E-state index contributed by atoms with van der Waals surface area (Å²) >= 11 is 1.50. The molecule has 2 heterocycles. The van der Waals surface area contributed by atoms with E-state index in [-0.39, 0.29) is 5.56 Å². The molecule has 0 atom stereocenters. The minimum Gasteiger partial charge on any atom is -0.382 e. The Morgan fingerprint density at radius 2 is 2.30 bits per heavy atom. The second kappa shape index (κ2) is 8.14. The standard InChI is InChI=1S/C14H21N3O2S/c1-2-19-9-4-3-6-15-7-8-17-11-16-13-12(14(17)18)5-10-20-13/h5,10-11,15H,2-4,6-9H2,1H3. The third kappa shape index (κ3) is 4.13. The van der Waals surface area contributed by atoms with Crippen LogP contribution in [0.15, 0.2) is 22.6 Å². The van der Waals surface area contributed by atoms with Gasteiger partial charge in [0.2, 0.25) is 0 Å². The van der Waals surface area contributed by atoms with Crippen LogP contribution in [0.25, 0.3) is 10.2 Å². The number of fused-ring (bicyclic) bond motifs is 1. The lowest BCUT2D eigenvalue weighted by molar-refractivity contribution is 0.143. The van der Waals surface area contributed by atoms with Crippen molar-refractivity contribution in [3.63, 3.8) is 0 Å². The fourth-order valence-electron chi connectivity index (χ4n) is 1.98. The fraction of sp³-hybridized carbons (Fsp3) is 0.571. The van der Waals surface area contributed by atoms with Crippen molar-refractivity contribution in [3.8, 4) is 0 Å². The lowest BCUT2D eigenvalue weighted by atomic mass is 10.3. The predicted octanol–water partition coefficient (Wildman–Crippen LogP) is 1.86. The molecule has 0 spiro atoms. The summed E-state index contributed by atoms with van der Waals surface area (Å²) in [5, 5.41) is 5.96. The summed E-state index contributed by atoms with van der Waals surface area (Å²) in [5.74, 6) is 0. The molecule has 2 aromatic heterocycles. The van der Waals surface area contributed by atoms with Crippen LogP contribution in [0.1, 0.15) is 19.8 Å². The zero-order valence-electron chi connectivity index (χ0n) is 11.8. The molecule has 0 aliphatic heterocycles. The number of rotatable bonds is 9. The fourth-order valence-corrected chi connectivity index (χ4v) is 2.70. The largest absolute Gasteiger partial charge is 0.382 e. The van der Waals surface area contributed by atoms with Gasteiger partial charge in [-0.2, -0.15) is 0 Å². The van der Waals surface area contributed by atoms with Crippen molar-refractivity contribution in [2.45, 2.75) is 26.3 Å². The van der Waals surface area contributed by atoms with Gasteiger partial charge in [0, 0.05) is 26.3 Å². The Labute approximate surface area is 122 Å². The van der Waals surface area contributed by atoms with E-state index in [1.54, 1.807) is 10.9 Å². The first-order chi connectivity index (χ1) is 9.83. The van der Waals surface area contributed by atoms with Gasteiger partial charge in [0.25, 0.3) is 5.56 Å². The zero-order valence-corrected chi connectivity index (χ0v) is 12.6. The van der Waals surface area contributed by atoms with Gasteiger partial charge in [-0.1, -0.05) is 0 Å². The van der Waals surface area contributed by atoms with Crippen molar-refractivity contribution >= 4 is 21.6 Å². The Bertz CT molecular complexity index is 579. The van der Waals surface area contributed by atoms with Crippen LogP contribution in [0.2, 0.25) is 0 Å².